The van der Waals surface area contributed by atoms with Gasteiger partial charge in [0.2, 0.25) is 0 Å². The van der Waals surface area contributed by atoms with Gasteiger partial charge in [-0.05, 0) is 38.4 Å². The number of aliphatic hydroxyl groups is 1. The third-order valence-electron chi connectivity index (χ3n) is 4.48. The lowest BCUT2D eigenvalue weighted by Crippen LogP contribution is -2.35. The number of aliphatic hydroxyl groups excluding tert-OH is 1. The number of rotatable bonds is 6. The smallest absolute Gasteiger partial charge is 0.295 e. The van der Waals surface area contributed by atoms with Crippen molar-refractivity contribution in [3.8, 4) is 5.75 Å². The molecule has 0 saturated carbocycles. The molecule has 0 radical (unpaired) electrons. The molecule has 7 heteroatoms. The van der Waals surface area contributed by atoms with Crippen LogP contribution in [0.1, 0.15) is 17.4 Å². The first-order valence-corrected chi connectivity index (χ1v) is 8.55. The van der Waals surface area contributed by atoms with Gasteiger partial charge in [0.1, 0.15) is 23.3 Å². The fraction of sp³-hybridized carbons (Fsp3) is 0.300. The molecule has 1 aromatic carbocycles. The molecular weight excluding hydrogens is 348 g/mol. The number of carbonyl (C=O) groups is 2. The Kier molecular flexibility index (Phi) is 5.32. The highest BCUT2D eigenvalue weighted by molar-refractivity contribution is 6.46. The Hall–Kier alpha value is -3.06. The lowest BCUT2D eigenvalue weighted by Gasteiger charge is -2.24. The molecule has 1 saturated heterocycles. The molecule has 1 aromatic heterocycles. The summed E-state index contributed by atoms with van der Waals surface area (Å²) >= 11 is 0. The van der Waals surface area contributed by atoms with Gasteiger partial charge in [0.25, 0.3) is 11.7 Å². The van der Waals surface area contributed by atoms with Gasteiger partial charge in [-0.15, -0.1) is 0 Å². The summed E-state index contributed by atoms with van der Waals surface area (Å²) in [6.45, 7) is 0.904. The number of likely N-dealkylation sites (tertiary alicyclic amines) is 1. The number of amides is 1. The number of hydrogen-bond donors (Lipinski definition) is 1. The molecule has 1 amide bonds. The molecule has 0 spiro atoms. The van der Waals surface area contributed by atoms with Gasteiger partial charge in [-0.3, -0.25) is 9.59 Å². The Balaban J connectivity index is 2.10. The summed E-state index contributed by atoms with van der Waals surface area (Å²) in [6.07, 6.45) is 1.48. The van der Waals surface area contributed by atoms with E-state index in [1.807, 2.05) is 19.0 Å². The Morgan fingerprint density at radius 1 is 1.26 bits per heavy atom. The van der Waals surface area contributed by atoms with Crippen molar-refractivity contribution in [1.82, 2.24) is 9.80 Å². The van der Waals surface area contributed by atoms with Crippen LogP contribution >= 0.6 is 0 Å². The molecule has 0 unspecified atom stereocenters. The van der Waals surface area contributed by atoms with Crippen LogP contribution in [0.2, 0.25) is 0 Å². The average Bonchev–Trinajstić information content (AvgIpc) is 3.27. The van der Waals surface area contributed by atoms with E-state index in [1.165, 1.54) is 18.3 Å². The van der Waals surface area contributed by atoms with Crippen LogP contribution in [-0.4, -0.2) is 60.9 Å². The van der Waals surface area contributed by atoms with E-state index < -0.39 is 17.7 Å². The third-order valence-corrected chi connectivity index (χ3v) is 4.48. The van der Waals surface area contributed by atoms with Crippen molar-refractivity contribution >= 4 is 17.4 Å². The highest BCUT2D eigenvalue weighted by atomic mass is 16.5. The molecule has 7 nitrogen and oxygen atoms in total. The van der Waals surface area contributed by atoms with Gasteiger partial charge in [0.15, 0.2) is 0 Å². The molecule has 2 heterocycles. The molecule has 142 valence electrons. The molecule has 1 fully saturated rings. The number of ketones is 1. The molecule has 0 bridgehead atoms. The number of methoxy groups -OCH3 is 1. The topological polar surface area (TPSA) is 83.2 Å². The van der Waals surface area contributed by atoms with Gasteiger partial charge in [-0.1, -0.05) is 12.1 Å². The summed E-state index contributed by atoms with van der Waals surface area (Å²) in [6, 6.07) is 9.32. The van der Waals surface area contributed by atoms with E-state index >= 15 is 0 Å². The van der Waals surface area contributed by atoms with Crippen molar-refractivity contribution in [3.63, 3.8) is 0 Å². The van der Waals surface area contributed by atoms with Crippen LogP contribution in [0.3, 0.4) is 0 Å². The minimum Gasteiger partial charge on any atom is -0.507 e. The molecule has 1 aliphatic heterocycles. The summed E-state index contributed by atoms with van der Waals surface area (Å²) in [5.74, 6) is -0.660. The second-order valence-corrected chi connectivity index (χ2v) is 6.54. The second kappa shape index (κ2) is 7.67. The van der Waals surface area contributed by atoms with E-state index in [9.17, 15) is 14.7 Å². The maximum Gasteiger partial charge on any atom is 0.295 e. The number of nitrogens with zero attached hydrogens (tertiary/aromatic N) is 2. The molecule has 3 rings (SSSR count). The van der Waals surface area contributed by atoms with Crippen molar-refractivity contribution in [2.75, 3.05) is 34.3 Å². The van der Waals surface area contributed by atoms with E-state index in [4.69, 9.17) is 9.15 Å². The molecule has 1 atom stereocenters. The second-order valence-electron chi connectivity index (χ2n) is 6.54. The number of Topliss-reactive ketones (excluding diaryl/α,β-unsaturated/α-hetero) is 1. The van der Waals surface area contributed by atoms with Crippen LogP contribution in [0, 0.1) is 0 Å². The minimum absolute atomic E-state index is 0.0157. The predicted molar refractivity (Wildman–Crippen MR) is 99.3 cm³/mol. The van der Waals surface area contributed by atoms with Crippen LogP contribution in [0.5, 0.6) is 5.75 Å². The number of ether oxygens (including phenoxy) is 1. The molecular formula is C20H22N2O5. The minimum atomic E-state index is -0.772. The van der Waals surface area contributed by atoms with Gasteiger partial charge in [-0.25, -0.2) is 0 Å². The summed E-state index contributed by atoms with van der Waals surface area (Å²) in [7, 11) is 5.28. The number of furan rings is 1. The first-order chi connectivity index (χ1) is 12.9. The molecule has 0 aliphatic carbocycles. The van der Waals surface area contributed by atoms with E-state index in [2.05, 4.69) is 0 Å². The van der Waals surface area contributed by atoms with Gasteiger partial charge in [-0.2, -0.15) is 0 Å². The largest absolute Gasteiger partial charge is 0.507 e. The van der Waals surface area contributed by atoms with Gasteiger partial charge in [0, 0.05) is 18.7 Å². The van der Waals surface area contributed by atoms with Crippen molar-refractivity contribution in [2.45, 2.75) is 6.04 Å². The number of likely N-dealkylation sites (N-methyl/N-ethyl adjacent to an activating group) is 1. The predicted octanol–water partition coefficient (Wildman–Crippen LogP) is 2.27. The van der Waals surface area contributed by atoms with Crippen molar-refractivity contribution < 1.29 is 23.8 Å². The number of carbonyl (C=O) groups excluding carboxylic acids is 2. The zero-order valence-corrected chi connectivity index (χ0v) is 15.5. The third kappa shape index (κ3) is 3.59. The standard InChI is InChI=1S/C20H22N2O5/c1-21(2)9-10-22-17(15-8-5-11-27-15)16(19(24)20(22)25)18(23)13-6-4-7-14(12-13)26-3/h4-8,11-12,17,23H,9-10H2,1-3H3/b18-16+/t17-/m0/s1. The maximum absolute atomic E-state index is 12.7. The first kappa shape index (κ1) is 18.7. The lowest BCUT2D eigenvalue weighted by molar-refractivity contribution is -0.140. The summed E-state index contributed by atoms with van der Waals surface area (Å²) in [5, 5.41) is 10.9. The Morgan fingerprint density at radius 2 is 2.04 bits per heavy atom. The van der Waals surface area contributed by atoms with Crippen LogP contribution in [0.25, 0.3) is 5.76 Å². The van der Waals surface area contributed by atoms with Crippen molar-refractivity contribution in [2.24, 2.45) is 0 Å². The van der Waals surface area contributed by atoms with Gasteiger partial charge >= 0.3 is 0 Å². The normalized spacial score (nSPS) is 19.1. The Morgan fingerprint density at radius 3 is 2.67 bits per heavy atom. The highest BCUT2D eigenvalue weighted by Crippen LogP contribution is 2.39. The van der Waals surface area contributed by atoms with Crippen LogP contribution in [0.15, 0.2) is 52.7 Å². The van der Waals surface area contributed by atoms with Crippen LogP contribution in [0.4, 0.5) is 0 Å². The number of benzene rings is 1. The Bertz CT molecular complexity index is 870. The monoisotopic (exact) mass is 370 g/mol. The molecule has 27 heavy (non-hydrogen) atoms. The summed E-state index contributed by atoms with van der Waals surface area (Å²) < 4.78 is 10.7. The molecule has 1 N–H and O–H groups in total. The summed E-state index contributed by atoms with van der Waals surface area (Å²) in [4.78, 5) is 28.7. The molecule has 2 aromatic rings. The molecule has 1 aliphatic rings. The zero-order valence-electron chi connectivity index (χ0n) is 15.5. The lowest BCUT2D eigenvalue weighted by atomic mass is 9.99. The quantitative estimate of drug-likeness (QED) is 0.477. The van der Waals surface area contributed by atoms with E-state index in [0.29, 0.717) is 30.2 Å². The zero-order chi connectivity index (χ0) is 19.6. The van der Waals surface area contributed by atoms with Crippen LogP contribution in [-0.2, 0) is 9.59 Å². The highest BCUT2D eigenvalue weighted by Gasteiger charge is 2.47. The fourth-order valence-corrected chi connectivity index (χ4v) is 3.09. The summed E-state index contributed by atoms with van der Waals surface area (Å²) in [5.41, 5.74) is 0.415. The van der Waals surface area contributed by atoms with Crippen LogP contribution < -0.4 is 4.74 Å². The SMILES string of the molecule is COc1cccc(/C(O)=C2\C(=O)C(=O)N(CCN(C)C)[C@H]2c2ccco2)c1. The van der Waals surface area contributed by atoms with Gasteiger partial charge in [0.05, 0.1) is 18.9 Å². The Labute approximate surface area is 157 Å². The van der Waals surface area contributed by atoms with Crippen molar-refractivity contribution in [1.29, 1.82) is 0 Å². The average molecular weight is 370 g/mol. The van der Waals surface area contributed by atoms with Gasteiger partial charge < -0.3 is 24.1 Å². The van der Waals surface area contributed by atoms with E-state index in [1.54, 1.807) is 36.4 Å². The van der Waals surface area contributed by atoms with E-state index in [-0.39, 0.29) is 11.3 Å². The number of hydrogen-bond acceptors (Lipinski definition) is 6. The maximum atomic E-state index is 12.7. The first-order valence-electron chi connectivity index (χ1n) is 8.55. The fourth-order valence-electron chi connectivity index (χ4n) is 3.09. The van der Waals surface area contributed by atoms with Crippen molar-refractivity contribution in [3.05, 3.63) is 59.6 Å². The van der Waals surface area contributed by atoms with E-state index in [0.717, 1.165) is 0 Å².